The maximum Gasteiger partial charge on any atom is 0.274 e. The van der Waals surface area contributed by atoms with Gasteiger partial charge in [0.05, 0.1) is 31.3 Å². The topological polar surface area (TPSA) is 94.3 Å². The van der Waals surface area contributed by atoms with Gasteiger partial charge in [-0.2, -0.15) is 10.2 Å². The van der Waals surface area contributed by atoms with Crippen molar-refractivity contribution in [2.45, 2.75) is 26.9 Å². The highest BCUT2D eigenvalue weighted by molar-refractivity contribution is 6.02. The molecule has 1 fully saturated rings. The zero-order valence-corrected chi connectivity index (χ0v) is 14.4. The van der Waals surface area contributed by atoms with Crippen LogP contribution in [0.1, 0.15) is 23.0 Å². The van der Waals surface area contributed by atoms with E-state index in [1.54, 1.807) is 26.7 Å². The number of aryl methyl sites for hydroxylation is 2. The molecule has 1 N–H and O–H groups in total. The third kappa shape index (κ3) is 3.87. The summed E-state index contributed by atoms with van der Waals surface area (Å²) in [5.74, 6) is -0.400. The highest BCUT2D eigenvalue weighted by atomic mass is 16.5. The van der Waals surface area contributed by atoms with E-state index in [4.69, 9.17) is 4.74 Å². The van der Waals surface area contributed by atoms with Crippen molar-refractivity contribution in [1.29, 1.82) is 0 Å². The highest BCUT2D eigenvalue weighted by Crippen LogP contribution is 2.18. The molecule has 2 aromatic heterocycles. The number of nitrogens with one attached hydrogen (secondary N) is 1. The zero-order chi connectivity index (χ0) is 17.8. The number of carbonyl (C=O) groups is 2. The lowest BCUT2D eigenvalue weighted by Gasteiger charge is -2.27. The summed E-state index contributed by atoms with van der Waals surface area (Å²) in [6, 6.07) is 0. The molecule has 1 aliphatic heterocycles. The van der Waals surface area contributed by atoms with Crippen LogP contribution in [0.4, 0.5) is 5.69 Å². The molecule has 1 saturated heterocycles. The van der Waals surface area contributed by atoms with E-state index < -0.39 is 0 Å². The van der Waals surface area contributed by atoms with Crippen molar-refractivity contribution in [3.63, 3.8) is 0 Å². The molecule has 25 heavy (non-hydrogen) atoms. The molecule has 0 aromatic carbocycles. The lowest BCUT2D eigenvalue weighted by atomic mass is 10.2. The quantitative estimate of drug-likeness (QED) is 0.852. The fourth-order valence-electron chi connectivity index (χ4n) is 2.75. The smallest absolute Gasteiger partial charge is 0.274 e. The molecule has 2 aromatic rings. The summed E-state index contributed by atoms with van der Waals surface area (Å²) in [6.07, 6.45) is 4.99. The SMILES string of the molecule is CCn1ncc(NC(=O)Cn2cc(C)cn2)c1C(=O)N1CCOCC1. The second-order valence-corrected chi connectivity index (χ2v) is 5.89. The molecule has 3 heterocycles. The molecular formula is C16H22N6O3. The summed E-state index contributed by atoms with van der Waals surface area (Å²) in [7, 11) is 0. The van der Waals surface area contributed by atoms with E-state index in [9.17, 15) is 9.59 Å². The van der Waals surface area contributed by atoms with E-state index in [-0.39, 0.29) is 18.4 Å². The Bertz CT molecular complexity index is 760. The van der Waals surface area contributed by atoms with Crippen LogP contribution in [0.3, 0.4) is 0 Å². The van der Waals surface area contributed by atoms with Gasteiger partial charge < -0.3 is 15.0 Å². The predicted octanol–water partition coefficient (Wildman–Crippen LogP) is 0.519. The van der Waals surface area contributed by atoms with Gasteiger partial charge in [0.2, 0.25) is 5.91 Å². The van der Waals surface area contributed by atoms with E-state index in [2.05, 4.69) is 15.5 Å². The van der Waals surface area contributed by atoms with Crippen molar-refractivity contribution in [2.24, 2.45) is 0 Å². The Morgan fingerprint density at radius 1 is 1.24 bits per heavy atom. The largest absolute Gasteiger partial charge is 0.378 e. The van der Waals surface area contributed by atoms with Crippen LogP contribution >= 0.6 is 0 Å². The first-order valence-corrected chi connectivity index (χ1v) is 8.30. The van der Waals surface area contributed by atoms with E-state index in [0.717, 1.165) is 5.56 Å². The van der Waals surface area contributed by atoms with Crippen LogP contribution in [0.5, 0.6) is 0 Å². The van der Waals surface area contributed by atoms with E-state index in [1.807, 2.05) is 13.8 Å². The lowest BCUT2D eigenvalue weighted by Crippen LogP contribution is -2.41. The van der Waals surface area contributed by atoms with Crippen LogP contribution in [0.2, 0.25) is 0 Å². The van der Waals surface area contributed by atoms with Crippen LogP contribution in [0, 0.1) is 6.92 Å². The van der Waals surface area contributed by atoms with Crippen LogP contribution in [-0.4, -0.2) is 62.6 Å². The number of morpholine rings is 1. The molecule has 0 saturated carbocycles. The molecule has 0 spiro atoms. The number of amides is 2. The van der Waals surface area contributed by atoms with Crippen LogP contribution in [0.15, 0.2) is 18.6 Å². The molecule has 0 aliphatic carbocycles. The second kappa shape index (κ2) is 7.47. The molecule has 1 aliphatic rings. The molecule has 134 valence electrons. The Morgan fingerprint density at radius 2 is 2.00 bits per heavy atom. The van der Waals surface area contributed by atoms with E-state index >= 15 is 0 Å². The number of nitrogens with zero attached hydrogens (tertiary/aromatic N) is 5. The molecule has 9 heteroatoms. The van der Waals surface area contributed by atoms with Gasteiger partial charge in [0.15, 0.2) is 0 Å². The van der Waals surface area contributed by atoms with Crippen molar-refractivity contribution in [3.05, 3.63) is 29.8 Å². The predicted molar refractivity (Wildman–Crippen MR) is 90.2 cm³/mol. The number of carbonyl (C=O) groups excluding carboxylic acids is 2. The number of anilines is 1. The van der Waals surface area contributed by atoms with Gasteiger partial charge in [0.1, 0.15) is 12.2 Å². The molecule has 9 nitrogen and oxygen atoms in total. The summed E-state index contributed by atoms with van der Waals surface area (Å²) in [4.78, 5) is 26.9. The minimum Gasteiger partial charge on any atom is -0.378 e. The van der Waals surface area contributed by atoms with Gasteiger partial charge in [-0.25, -0.2) is 0 Å². The first-order valence-electron chi connectivity index (χ1n) is 8.30. The van der Waals surface area contributed by atoms with Gasteiger partial charge in [-0.15, -0.1) is 0 Å². The normalized spacial score (nSPS) is 14.6. The minimum absolute atomic E-state index is 0.0797. The Hall–Kier alpha value is -2.68. The maximum atomic E-state index is 12.8. The third-order valence-electron chi connectivity index (χ3n) is 3.98. The van der Waals surface area contributed by atoms with Crippen molar-refractivity contribution in [1.82, 2.24) is 24.5 Å². The first-order chi connectivity index (χ1) is 12.1. The fraction of sp³-hybridized carbons (Fsp3) is 0.500. The summed E-state index contributed by atoms with van der Waals surface area (Å²) < 4.78 is 8.45. The second-order valence-electron chi connectivity index (χ2n) is 5.89. The van der Waals surface area contributed by atoms with Gasteiger partial charge in [-0.05, 0) is 19.4 Å². The van der Waals surface area contributed by atoms with Crippen LogP contribution < -0.4 is 5.32 Å². The van der Waals surface area contributed by atoms with Gasteiger partial charge in [0, 0.05) is 25.8 Å². The monoisotopic (exact) mass is 346 g/mol. The van der Waals surface area contributed by atoms with E-state index in [1.165, 1.54) is 6.20 Å². The molecular weight excluding hydrogens is 324 g/mol. The lowest BCUT2D eigenvalue weighted by molar-refractivity contribution is -0.116. The average Bonchev–Trinajstić information content (AvgIpc) is 3.20. The molecule has 0 bridgehead atoms. The van der Waals surface area contributed by atoms with Crippen molar-refractivity contribution < 1.29 is 14.3 Å². The van der Waals surface area contributed by atoms with Crippen molar-refractivity contribution in [3.8, 4) is 0 Å². The van der Waals surface area contributed by atoms with Crippen molar-refractivity contribution in [2.75, 3.05) is 31.6 Å². The summed E-state index contributed by atoms with van der Waals surface area (Å²) in [5, 5.41) is 11.1. The van der Waals surface area contributed by atoms with Crippen molar-refractivity contribution >= 4 is 17.5 Å². The Balaban J connectivity index is 1.75. The summed E-state index contributed by atoms with van der Waals surface area (Å²) >= 11 is 0. The van der Waals surface area contributed by atoms with Gasteiger partial charge >= 0.3 is 0 Å². The molecule has 0 radical (unpaired) electrons. The first kappa shape index (κ1) is 17.2. The van der Waals surface area contributed by atoms with E-state index in [0.29, 0.717) is 44.2 Å². The maximum absolute atomic E-state index is 12.8. The molecule has 3 rings (SSSR count). The average molecular weight is 346 g/mol. The van der Waals surface area contributed by atoms with Crippen LogP contribution in [-0.2, 0) is 22.6 Å². The number of hydrogen-bond donors (Lipinski definition) is 1. The minimum atomic E-state index is -0.255. The fourth-order valence-corrected chi connectivity index (χ4v) is 2.75. The molecule has 0 unspecified atom stereocenters. The Labute approximate surface area is 145 Å². The number of rotatable bonds is 5. The standard InChI is InChI=1S/C16H22N6O3/c1-3-22-15(16(24)20-4-6-25-7-5-20)13(9-18-22)19-14(23)11-21-10-12(2)8-17-21/h8-10H,3-7,11H2,1-2H3,(H,19,23). The number of aromatic nitrogens is 4. The Kier molecular flexibility index (Phi) is 5.13. The zero-order valence-electron chi connectivity index (χ0n) is 14.4. The summed E-state index contributed by atoms with van der Waals surface area (Å²) in [5.41, 5.74) is 1.80. The van der Waals surface area contributed by atoms with Gasteiger partial charge in [-0.3, -0.25) is 19.0 Å². The summed E-state index contributed by atoms with van der Waals surface area (Å²) in [6.45, 7) is 6.54. The number of hydrogen-bond acceptors (Lipinski definition) is 5. The van der Waals surface area contributed by atoms with Gasteiger partial charge in [-0.1, -0.05) is 0 Å². The van der Waals surface area contributed by atoms with Crippen LogP contribution in [0.25, 0.3) is 0 Å². The molecule has 0 atom stereocenters. The molecule has 2 amide bonds. The van der Waals surface area contributed by atoms with Gasteiger partial charge in [0.25, 0.3) is 5.91 Å². The number of ether oxygens (including phenoxy) is 1. The highest BCUT2D eigenvalue weighted by Gasteiger charge is 2.26. The third-order valence-corrected chi connectivity index (χ3v) is 3.98. The Morgan fingerprint density at radius 3 is 2.64 bits per heavy atom.